The van der Waals surface area contributed by atoms with Crippen LogP contribution in [0.4, 0.5) is 11.4 Å². The Hall–Kier alpha value is -2.31. The molecule has 0 heterocycles. The Morgan fingerprint density at radius 1 is 0.935 bits per heavy atom. The van der Waals surface area contributed by atoms with E-state index in [2.05, 4.69) is 30.4 Å². The first-order valence-corrected chi connectivity index (χ1v) is 9.47. The summed E-state index contributed by atoms with van der Waals surface area (Å²) in [6.45, 7) is 3.87. The zero-order valence-electron chi connectivity index (χ0n) is 17.0. The first-order valence-electron chi connectivity index (χ1n) is 8.73. The van der Waals surface area contributed by atoms with Gasteiger partial charge in [-0.05, 0) is 61.9 Å². The number of nitrogens with one attached hydrogen (secondary N) is 2. The van der Waals surface area contributed by atoms with E-state index in [1.165, 1.54) is 12.1 Å². The zero-order valence-corrected chi connectivity index (χ0v) is 19.9. The van der Waals surface area contributed by atoms with Crippen LogP contribution in [0.15, 0.2) is 79.3 Å². The van der Waals surface area contributed by atoms with Gasteiger partial charge in [0, 0.05) is 4.90 Å². The van der Waals surface area contributed by atoms with Gasteiger partial charge in [-0.2, -0.15) is 14.5 Å². The molecular formula is C20H17N4NaO5S. The third-order valence-electron chi connectivity index (χ3n) is 4.06. The zero-order chi connectivity index (χ0) is 21.5. The van der Waals surface area contributed by atoms with Crippen molar-refractivity contribution in [3.63, 3.8) is 0 Å². The molecule has 3 rings (SSSR count). The molecule has 0 saturated carbocycles. The quantitative estimate of drug-likeness (QED) is 0.184. The summed E-state index contributed by atoms with van der Waals surface area (Å²) < 4.78 is 4.23. The number of aryl methyl sites for hydroxylation is 2. The summed E-state index contributed by atoms with van der Waals surface area (Å²) in [5, 5.41) is 21.0. The maximum absolute atomic E-state index is 12.6. The molecule has 0 atom stereocenters. The van der Waals surface area contributed by atoms with Crippen molar-refractivity contribution in [1.82, 2.24) is 0 Å². The van der Waals surface area contributed by atoms with E-state index in [1.807, 2.05) is 32.0 Å². The van der Waals surface area contributed by atoms with Gasteiger partial charge in [0.05, 0.1) is 23.4 Å². The Balaban J connectivity index is 0.00000341. The molecule has 0 aliphatic heterocycles. The first kappa shape index (κ1) is 25.0. The fourth-order valence-corrected chi connectivity index (χ4v) is 2.91. The molecule has 3 aromatic rings. The average molecular weight is 448 g/mol. The van der Waals surface area contributed by atoms with E-state index in [-0.39, 0.29) is 40.3 Å². The summed E-state index contributed by atoms with van der Waals surface area (Å²) in [6, 6.07) is 14.9. The van der Waals surface area contributed by atoms with Crippen molar-refractivity contribution in [3.8, 4) is 0 Å². The van der Waals surface area contributed by atoms with Gasteiger partial charge in [0.1, 0.15) is 5.36 Å². The second-order valence-electron chi connectivity index (χ2n) is 6.27. The van der Waals surface area contributed by atoms with Crippen LogP contribution in [0.2, 0.25) is 0 Å². The number of rotatable bonds is 7. The van der Waals surface area contributed by atoms with Gasteiger partial charge in [-0.25, -0.2) is 0 Å². The van der Waals surface area contributed by atoms with Gasteiger partial charge in [0.2, 0.25) is 10.9 Å². The largest absolute Gasteiger partial charge is 1.00 e. The summed E-state index contributed by atoms with van der Waals surface area (Å²) in [5.41, 5.74) is 7.73. The van der Waals surface area contributed by atoms with E-state index in [0.717, 1.165) is 23.2 Å². The molecule has 0 saturated heterocycles. The molecule has 3 aromatic carbocycles. The van der Waals surface area contributed by atoms with Crippen LogP contribution in [0.5, 0.6) is 0 Å². The Morgan fingerprint density at radius 3 is 2.35 bits per heavy atom. The van der Waals surface area contributed by atoms with Crippen LogP contribution in [-0.2, 0) is 9.37 Å². The van der Waals surface area contributed by atoms with Crippen LogP contribution in [0.25, 0.3) is 0 Å². The second kappa shape index (κ2) is 11.9. The SMILES string of the molecule is Cc1ccc(NN=c2c(=O)ccc(=NNc3ccc(SOO[O-])cc3)c2=O)c(C)c1.[Na+]. The smallest absolute Gasteiger partial charge is 0.691 e. The van der Waals surface area contributed by atoms with Crippen molar-refractivity contribution in [3.05, 3.63) is 96.9 Å². The number of hydrogen-bond donors (Lipinski definition) is 2. The van der Waals surface area contributed by atoms with Crippen LogP contribution in [0, 0.1) is 13.8 Å². The fraction of sp³-hybridized carbons (Fsp3) is 0.100. The van der Waals surface area contributed by atoms with Gasteiger partial charge < -0.3 is 5.26 Å². The Morgan fingerprint density at radius 2 is 1.68 bits per heavy atom. The van der Waals surface area contributed by atoms with Crippen molar-refractivity contribution in [1.29, 1.82) is 0 Å². The van der Waals surface area contributed by atoms with Crippen molar-refractivity contribution >= 4 is 23.4 Å². The minimum Gasteiger partial charge on any atom is -0.691 e. The molecule has 0 radical (unpaired) electrons. The van der Waals surface area contributed by atoms with Crippen molar-refractivity contribution < 1.29 is 44.2 Å². The van der Waals surface area contributed by atoms with E-state index in [4.69, 9.17) is 0 Å². The van der Waals surface area contributed by atoms with E-state index in [9.17, 15) is 14.8 Å². The minimum atomic E-state index is -0.597. The Labute approximate surface area is 203 Å². The molecule has 0 aliphatic carbocycles. The summed E-state index contributed by atoms with van der Waals surface area (Å²) in [4.78, 5) is 25.4. The maximum atomic E-state index is 12.6. The summed E-state index contributed by atoms with van der Waals surface area (Å²) in [6.07, 6.45) is 0. The number of hydrogen-bond acceptors (Lipinski definition) is 10. The van der Waals surface area contributed by atoms with Crippen LogP contribution < -0.4 is 67.2 Å². The molecule has 0 spiro atoms. The molecule has 9 nitrogen and oxygen atoms in total. The first-order chi connectivity index (χ1) is 14.5. The minimum absolute atomic E-state index is 0. The van der Waals surface area contributed by atoms with Crippen molar-refractivity contribution in [2.24, 2.45) is 10.2 Å². The van der Waals surface area contributed by atoms with Gasteiger partial charge in [0.25, 0.3) is 0 Å². The number of benzene rings is 3. The van der Waals surface area contributed by atoms with Gasteiger partial charge >= 0.3 is 29.6 Å². The molecule has 0 fully saturated rings. The van der Waals surface area contributed by atoms with Gasteiger partial charge in [-0.15, -0.1) is 0 Å². The molecule has 0 unspecified atom stereocenters. The summed E-state index contributed by atoms with van der Waals surface area (Å²) in [7, 11) is 0. The average Bonchev–Trinajstić information content (AvgIpc) is 2.73. The summed E-state index contributed by atoms with van der Waals surface area (Å²) >= 11 is 0.758. The molecule has 0 aromatic heterocycles. The van der Waals surface area contributed by atoms with Gasteiger partial charge in [-0.1, -0.05) is 17.7 Å². The molecule has 0 bridgehead atoms. The fourth-order valence-electron chi connectivity index (χ4n) is 2.55. The Bertz CT molecular complexity index is 1260. The third-order valence-corrected chi connectivity index (χ3v) is 4.65. The predicted molar refractivity (Wildman–Crippen MR) is 110 cm³/mol. The van der Waals surface area contributed by atoms with E-state index in [0.29, 0.717) is 16.3 Å². The van der Waals surface area contributed by atoms with Gasteiger partial charge in [-0.3, -0.25) is 25.5 Å². The van der Waals surface area contributed by atoms with E-state index < -0.39 is 10.9 Å². The second-order valence-corrected chi connectivity index (χ2v) is 7.04. The van der Waals surface area contributed by atoms with Crippen LogP contribution in [0.3, 0.4) is 0 Å². The normalized spacial score (nSPS) is 11.8. The number of anilines is 2. The molecular weight excluding hydrogens is 431 g/mol. The Kier molecular flexibility index (Phi) is 9.59. The third kappa shape index (κ3) is 6.84. The summed E-state index contributed by atoms with van der Waals surface area (Å²) in [5.74, 6) is 0. The van der Waals surface area contributed by atoms with E-state index >= 15 is 0 Å². The predicted octanol–water partition coefficient (Wildman–Crippen LogP) is -2.01. The molecule has 0 amide bonds. The molecule has 0 aliphatic rings. The van der Waals surface area contributed by atoms with Crippen molar-refractivity contribution in [2.45, 2.75) is 18.7 Å². The topological polar surface area (TPSA) is 124 Å². The van der Waals surface area contributed by atoms with Gasteiger partial charge in [0.15, 0.2) is 5.36 Å². The molecule has 2 N–H and O–H groups in total. The van der Waals surface area contributed by atoms with Crippen LogP contribution in [0.1, 0.15) is 11.1 Å². The van der Waals surface area contributed by atoms with Crippen molar-refractivity contribution in [2.75, 3.05) is 10.9 Å². The van der Waals surface area contributed by atoms with Crippen LogP contribution in [-0.4, -0.2) is 0 Å². The molecule has 11 heteroatoms. The maximum Gasteiger partial charge on any atom is 1.00 e. The van der Waals surface area contributed by atoms with Crippen LogP contribution >= 0.6 is 12.0 Å². The standard InChI is InChI=1S/C20H18N4O5S.Na/c1-12-3-8-16(13(2)11-12)22-24-19-18(25)10-9-17(20(19)26)23-21-14-4-6-15(7-5-14)30-29-28-27;/h3-11,21-22,27H,1-2H3;/q;+1/p-1. The number of nitrogens with zero attached hydrogens (tertiary/aromatic N) is 2. The van der Waals surface area contributed by atoms with E-state index in [1.54, 1.807) is 24.3 Å². The molecule has 154 valence electrons. The molecule has 31 heavy (non-hydrogen) atoms. The monoisotopic (exact) mass is 448 g/mol.